The molecule has 4 aromatic rings. The quantitative estimate of drug-likeness (QED) is 0.139. The van der Waals surface area contributed by atoms with Crippen LogP contribution in [0.4, 0.5) is 11.4 Å². The van der Waals surface area contributed by atoms with Crippen molar-refractivity contribution in [2.45, 2.75) is 29.6 Å². The Morgan fingerprint density at radius 2 is 1.51 bits per heavy atom. The van der Waals surface area contributed by atoms with E-state index in [2.05, 4.69) is 5.32 Å². The van der Waals surface area contributed by atoms with Crippen LogP contribution in [-0.2, 0) is 29.4 Å². The molecule has 0 unspecified atom stereocenters. The van der Waals surface area contributed by atoms with Gasteiger partial charge in [0, 0.05) is 21.1 Å². The minimum Gasteiger partial charge on any atom is -0.464 e. The van der Waals surface area contributed by atoms with Crippen molar-refractivity contribution in [3.8, 4) is 0 Å². The summed E-state index contributed by atoms with van der Waals surface area (Å²) in [7, 11) is -8.11. The summed E-state index contributed by atoms with van der Waals surface area (Å²) in [6, 6.07) is 22.0. The third kappa shape index (κ3) is 7.51. The van der Waals surface area contributed by atoms with Gasteiger partial charge in [-0.1, -0.05) is 79.0 Å². The van der Waals surface area contributed by atoms with Gasteiger partial charge in [-0.05, 0) is 54.3 Å². The van der Waals surface area contributed by atoms with Crippen LogP contribution < -0.4 is 9.62 Å². The number of nitrogens with zero attached hydrogens (tertiary/aromatic N) is 1. The van der Waals surface area contributed by atoms with Gasteiger partial charge in [0.15, 0.2) is 9.84 Å². The van der Waals surface area contributed by atoms with Crippen molar-refractivity contribution in [2.75, 3.05) is 28.7 Å². The van der Waals surface area contributed by atoms with E-state index < -0.39 is 38.3 Å². The maximum absolute atomic E-state index is 14.0. The van der Waals surface area contributed by atoms with Crippen molar-refractivity contribution >= 4 is 71.2 Å². The Balaban J connectivity index is 1.81. The predicted molar refractivity (Wildman–Crippen MR) is 163 cm³/mol. The molecular formula is C29H28Cl2N2O6S2. The maximum Gasteiger partial charge on any atom is 0.326 e. The number of anilines is 2. The number of hydrogen-bond acceptors (Lipinski definition) is 7. The number of hydrogen-bond donors (Lipinski definition) is 1. The van der Waals surface area contributed by atoms with Crippen molar-refractivity contribution in [3.63, 3.8) is 0 Å². The molecule has 0 bridgehead atoms. The van der Waals surface area contributed by atoms with Crippen LogP contribution in [0.5, 0.6) is 0 Å². The molecule has 0 saturated carbocycles. The van der Waals surface area contributed by atoms with E-state index in [-0.39, 0.29) is 32.1 Å². The first-order valence-corrected chi connectivity index (χ1v) is 16.5. The van der Waals surface area contributed by atoms with E-state index in [0.29, 0.717) is 22.9 Å². The van der Waals surface area contributed by atoms with E-state index in [9.17, 15) is 21.6 Å². The van der Waals surface area contributed by atoms with Crippen LogP contribution in [-0.4, -0.2) is 41.8 Å². The molecule has 4 aromatic carbocycles. The lowest BCUT2D eigenvalue weighted by molar-refractivity contribution is -0.141. The van der Waals surface area contributed by atoms with Crippen LogP contribution in [0.25, 0.3) is 10.8 Å². The third-order valence-electron chi connectivity index (χ3n) is 6.14. The normalized spacial score (nSPS) is 11.8. The standard InChI is InChI=1S/C29H28Cl2N2O6S2/c1-2-3-13-39-29(34)19-33(41(37,38)26-16-22(30)15-23(31)17-26)28-18-24(14-21-9-7-8-12-27(21)28)32-20-40(35,36)25-10-5-4-6-11-25/h4-12,14-18,32H,2-3,13,19-20H2,1H3. The average molecular weight is 636 g/mol. The van der Waals surface area contributed by atoms with Gasteiger partial charge in [0.2, 0.25) is 0 Å². The zero-order valence-electron chi connectivity index (χ0n) is 22.1. The van der Waals surface area contributed by atoms with E-state index in [1.165, 1.54) is 36.4 Å². The van der Waals surface area contributed by atoms with Crippen LogP contribution in [0.2, 0.25) is 10.0 Å². The van der Waals surface area contributed by atoms with Gasteiger partial charge in [0.1, 0.15) is 12.4 Å². The summed E-state index contributed by atoms with van der Waals surface area (Å²) in [6.07, 6.45) is 1.42. The topological polar surface area (TPSA) is 110 Å². The smallest absolute Gasteiger partial charge is 0.326 e. The molecule has 0 spiro atoms. The zero-order chi connectivity index (χ0) is 29.6. The molecule has 0 atom stereocenters. The predicted octanol–water partition coefficient (Wildman–Crippen LogP) is 6.53. The van der Waals surface area contributed by atoms with Crippen LogP contribution in [0.15, 0.2) is 94.7 Å². The number of nitrogens with one attached hydrogen (secondary N) is 1. The molecular weight excluding hydrogens is 607 g/mol. The average Bonchev–Trinajstić information content (AvgIpc) is 2.94. The number of rotatable bonds is 12. The molecule has 8 nitrogen and oxygen atoms in total. The lowest BCUT2D eigenvalue weighted by Gasteiger charge is -2.26. The number of unbranched alkanes of at least 4 members (excludes halogenated alkanes) is 1. The van der Waals surface area contributed by atoms with Crippen molar-refractivity contribution < 1.29 is 26.4 Å². The molecule has 0 aliphatic heterocycles. The van der Waals surface area contributed by atoms with Gasteiger partial charge in [0.25, 0.3) is 10.0 Å². The summed E-state index contributed by atoms with van der Waals surface area (Å²) in [5.41, 5.74) is 0.480. The van der Waals surface area contributed by atoms with E-state index in [4.69, 9.17) is 27.9 Å². The van der Waals surface area contributed by atoms with Crippen molar-refractivity contribution in [3.05, 3.63) is 95.0 Å². The second-order valence-electron chi connectivity index (χ2n) is 9.16. The molecule has 0 aromatic heterocycles. The highest BCUT2D eigenvalue weighted by molar-refractivity contribution is 7.93. The molecule has 0 amide bonds. The first-order chi connectivity index (χ1) is 19.5. The van der Waals surface area contributed by atoms with Crippen LogP contribution in [0, 0.1) is 0 Å². The summed E-state index contributed by atoms with van der Waals surface area (Å²) < 4.78 is 60.1. The summed E-state index contributed by atoms with van der Waals surface area (Å²) in [5.74, 6) is -1.19. The van der Waals surface area contributed by atoms with Crippen LogP contribution in [0.3, 0.4) is 0 Å². The number of sulfonamides is 1. The Labute approximate surface area is 249 Å². The number of esters is 1. The number of benzene rings is 4. The van der Waals surface area contributed by atoms with Gasteiger partial charge in [-0.2, -0.15) is 0 Å². The van der Waals surface area contributed by atoms with Crippen molar-refractivity contribution in [2.24, 2.45) is 0 Å². The highest BCUT2D eigenvalue weighted by atomic mass is 35.5. The van der Waals surface area contributed by atoms with Gasteiger partial charge in [-0.25, -0.2) is 16.8 Å². The molecule has 0 aliphatic carbocycles. The van der Waals surface area contributed by atoms with E-state index in [1.54, 1.807) is 48.5 Å². The molecule has 4 rings (SSSR count). The molecule has 0 saturated heterocycles. The van der Waals surface area contributed by atoms with Gasteiger partial charge >= 0.3 is 5.97 Å². The second-order valence-corrected chi connectivity index (χ2v) is 13.9. The fourth-order valence-electron chi connectivity index (χ4n) is 4.09. The fraction of sp³-hybridized carbons (Fsp3) is 0.207. The number of ether oxygens (including phenoxy) is 1. The Kier molecular flexibility index (Phi) is 9.80. The first kappa shape index (κ1) is 30.6. The summed E-state index contributed by atoms with van der Waals surface area (Å²) >= 11 is 12.3. The molecule has 41 heavy (non-hydrogen) atoms. The van der Waals surface area contributed by atoms with E-state index in [0.717, 1.165) is 10.7 Å². The van der Waals surface area contributed by atoms with Gasteiger partial charge < -0.3 is 10.1 Å². The minimum absolute atomic E-state index is 0.105. The third-order valence-corrected chi connectivity index (χ3v) is 9.82. The Bertz CT molecular complexity index is 1740. The highest BCUT2D eigenvalue weighted by Crippen LogP contribution is 2.35. The fourth-order valence-corrected chi connectivity index (χ4v) is 7.33. The SMILES string of the molecule is CCCCOC(=O)CN(c1cc(NCS(=O)(=O)c2ccccc2)cc2ccccc12)S(=O)(=O)c1cc(Cl)cc(Cl)c1. The van der Waals surface area contributed by atoms with Gasteiger partial charge in [-0.3, -0.25) is 9.10 Å². The van der Waals surface area contributed by atoms with E-state index in [1.807, 2.05) is 6.92 Å². The molecule has 12 heteroatoms. The number of carbonyl (C=O) groups excluding carboxylic acids is 1. The zero-order valence-corrected chi connectivity index (χ0v) is 25.2. The van der Waals surface area contributed by atoms with Gasteiger partial charge in [-0.15, -0.1) is 0 Å². The van der Waals surface area contributed by atoms with Crippen molar-refractivity contribution in [1.82, 2.24) is 0 Å². The summed E-state index contributed by atoms with van der Waals surface area (Å²) in [6.45, 7) is 1.45. The van der Waals surface area contributed by atoms with Gasteiger partial charge in [0.05, 0.1) is 22.1 Å². The molecule has 1 N–H and O–H groups in total. The van der Waals surface area contributed by atoms with Crippen molar-refractivity contribution in [1.29, 1.82) is 0 Å². The number of halogens is 2. The lowest BCUT2D eigenvalue weighted by atomic mass is 10.1. The maximum atomic E-state index is 14.0. The Morgan fingerprint density at radius 3 is 2.20 bits per heavy atom. The molecule has 0 radical (unpaired) electrons. The number of fused-ring (bicyclic) bond motifs is 1. The molecule has 0 aliphatic rings. The molecule has 216 valence electrons. The van der Waals surface area contributed by atoms with Crippen LogP contribution in [0.1, 0.15) is 19.8 Å². The van der Waals surface area contributed by atoms with E-state index >= 15 is 0 Å². The molecule has 0 heterocycles. The monoisotopic (exact) mass is 634 g/mol. The summed E-state index contributed by atoms with van der Waals surface area (Å²) in [5, 5.41) is 4.25. The molecule has 0 fully saturated rings. The number of carbonyl (C=O) groups is 1. The summed E-state index contributed by atoms with van der Waals surface area (Å²) in [4.78, 5) is 12.8. The minimum atomic E-state index is -4.40. The van der Waals surface area contributed by atoms with Crippen LogP contribution >= 0.6 is 23.2 Å². The Morgan fingerprint density at radius 1 is 0.854 bits per heavy atom. The number of sulfone groups is 1. The lowest BCUT2D eigenvalue weighted by Crippen LogP contribution is -2.37. The second kappa shape index (κ2) is 13.1. The Hall–Kier alpha value is -3.31. The first-order valence-electron chi connectivity index (χ1n) is 12.7. The largest absolute Gasteiger partial charge is 0.464 e. The highest BCUT2D eigenvalue weighted by Gasteiger charge is 2.30.